The second-order valence-corrected chi connectivity index (χ2v) is 3.24. The second-order valence-electron chi connectivity index (χ2n) is 3.24. The Morgan fingerprint density at radius 1 is 1.27 bits per heavy atom. The molecule has 0 aliphatic heterocycles. The molecule has 5 nitrogen and oxygen atoms in total. The van der Waals surface area contributed by atoms with Gasteiger partial charge in [-0.3, -0.25) is 9.59 Å². The first-order chi connectivity index (χ1) is 7.06. The summed E-state index contributed by atoms with van der Waals surface area (Å²) in [5.74, 6) is -1.91. The van der Waals surface area contributed by atoms with Gasteiger partial charge in [-0.1, -0.05) is 6.92 Å². The van der Waals surface area contributed by atoms with Crippen molar-refractivity contribution in [2.24, 2.45) is 11.8 Å². The summed E-state index contributed by atoms with van der Waals surface area (Å²) in [5, 5.41) is 0. The summed E-state index contributed by atoms with van der Waals surface area (Å²) in [6, 6.07) is 0. The molecule has 0 aliphatic rings. The summed E-state index contributed by atoms with van der Waals surface area (Å²) in [4.78, 5) is 32.7. The number of esters is 2. The van der Waals surface area contributed by atoms with E-state index >= 15 is 0 Å². The Balaban J connectivity index is 4.31. The second kappa shape index (κ2) is 6.98. The molecule has 0 unspecified atom stereocenters. The number of ether oxygens (including phenoxy) is 2. The van der Waals surface area contributed by atoms with Crippen molar-refractivity contribution in [3.05, 3.63) is 0 Å². The first-order valence-corrected chi connectivity index (χ1v) is 4.66. The Labute approximate surface area is 88.7 Å². The van der Waals surface area contributed by atoms with Crippen LogP contribution >= 0.6 is 0 Å². The lowest BCUT2D eigenvalue weighted by Gasteiger charge is -2.16. The van der Waals surface area contributed by atoms with Gasteiger partial charge in [0.1, 0.15) is 6.29 Å². The van der Waals surface area contributed by atoms with Crippen LogP contribution in [0.1, 0.15) is 19.8 Å². The molecule has 0 aromatic carbocycles. The van der Waals surface area contributed by atoms with E-state index in [1.165, 1.54) is 14.2 Å². The van der Waals surface area contributed by atoms with Gasteiger partial charge in [0, 0.05) is 12.3 Å². The molecule has 0 radical (unpaired) electrons. The van der Waals surface area contributed by atoms with Gasteiger partial charge < -0.3 is 14.3 Å². The third-order valence-electron chi connectivity index (χ3n) is 2.24. The number of carbonyl (C=O) groups excluding carboxylic acids is 3. The van der Waals surface area contributed by atoms with Gasteiger partial charge >= 0.3 is 11.9 Å². The summed E-state index contributed by atoms with van der Waals surface area (Å²) in [5.41, 5.74) is 0. The molecule has 2 atom stereocenters. The highest BCUT2D eigenvalue weighted by atomic mass is 16.5. The van der Waals surface area contributed by atoms with Crippen molar-refractivity contribution in [1.29, 1.82) is 0 Å². The SMILES string of the molecule is COC(=O)CC[C@H](C(=O)OC)[C@H](C)C=O. The molecule has 0 aliphatic carbocycles. The van der Waals surface area contributed by atoms with Gasteiger partial charge in [0.05, 0.1) is 20.1 Å². The van der Waals surface area contributed by atoms with Crippen molar-refractivity contribution in [1.82, 2.24) is 0 Å². The number of rotatable bonds is 6. The molecular weight excluding hydrogens is 200 g/mol. The zero-order valence-electron chi connectivity index (χ0n) is 9.19. The summed E-state index contributed by atoms with van der Waals surface area (Å²) < 4.78 is 9.00. The van der Waals surface area contributed by atoms with Gasteiger partial charge in [-0.25, -0.2) is 0 Å². The predicted octanol–water partition coefficient (Wildman–Crippen LogP) is 0.564. The average molecular weight is 216 g/mol. The highest BCUT2D eigenvalue weighted by Gasteiger charge is 2.26. The fourth-order valence-electron chi connectivity index (χ4n) is 1.22. The zero-order chi connectivity index (χ0) is 11.8. The van der Waals surface area contributed by atoms with Crippen LogP contribution < -0.4 is 0 Å². The van der Waals surface area contributed by atoms with Gasteiger partial charge in [0.25, 0.3) is 0 Å². The quantitative estimate of drug-likeness (QED) is 0.479. The maximum absolute atomic E-state index is 11.3. The molecule has 0 aromatic heterocycles. The Bertz CT molecular complexity index is 236. The van der Waals surface area contributed by atoms with Crippen LogP contribution in [0.2, 0.25) is 0 Å². The number of hydrogen-bond acceptors (Lipinski definition) is 5. The summed E-state index contributed by atoms with van der Waals surface area (Å²) >= 11 is 0. The molecule has 0 fully saturated rings. The molecule has 0 N–H and O–H groups in total. The van der Waals surface area contributed by atoms with Crippen LogP contribution in [0, 0.1) is 11.8 Å². The maximum atomic E-state index is 11.3. The Morgan fingerprint density at radius 2 is 1.87 bits per heavy atom. The molecular formula is C10H16O5. The molecule has 0 saturated carbocycles. The summed E-state index contributed by atoms with van der Waals surface area (Å²) in [7, 11) is 2.53. The lowest BCUT2D eigenvalue weighted by molar-refractivity contribution is -0.149. The molecule has 15 heavy (non-hydrogen) atoms. The van der Waals surface area contributed by atoms with E-state index in [0.29, 0.717) is 6.29 Å². The molecule has 0 aromatic rings. The van der Waals surface area contributed by atoms with Crippen LogP contribution in [-0.2, 0) is 23.9 Å². The van der Waals surface area contributed by atoms with Crippen molar-refractivity contribution in [3.63, 3.8) is 0 Å². The zero-order valence-corrected chi connectivity index (χ0v) is 9.19. The molecule has 0 spiro atoms. The minimum atomic E-state index is -0.577. The van der Waals surface area contributed by atoms with Gasteiger partial charge in [0.2, 0.25) is 0 Å². The fourth-order valence-corrected chi connectivity index (χ4v) is 1.22. The highest BCUT2D eigenvalue weighted by molar-refractivity contribution is 5.77. The van der Waals surface area contributed by atoms with Crippen LogP contribution in [0.5, 0.6) is 0 Å². The first-order valence-electron chi connectivity index (χ1n) is 4.66. The van der Waals surface area contributed by atoms with E-state index < -0.39 is 23.8 Å². The van der Waals surface area contributed by atoms with Gasteiger partial charge in [-0.2, -0.15) is 0 Å². The van der Waals surface area contributed by atoms with E-state index in [0.717, 1.165) is 0 Å². The Hall–Kier alpha value is -1.39. The molecule has 86 valence electrons. The van der Waals surface area contributed by atoms with Crippen LogP contribution in [-0.4, -0.2) is 32.4 Å². The largest absolute Gasteiger partial charge is 0.469 e. The molecule has 0 amide bonds. The first kappa shape index (κ1) is 13.6. The lowest BCUT2D eigenvalue weighted by atomic mass is 9.91. The smallest absolute Gasteiger partial charge is 0.309 e. The fraction of sp³-hybridized carbons (Fsp3) is 0.700. The van der Waals surface area contributed by atoms with E-state index in [-0.39, 0.29) is 12.8 Å². The lowest BCUT2D eigenvalue weighted by Crippen LogP contribution is -2.25. The summed E-state index contributed by atoms with van der Waals surface area (Å²) in [6.07, 6.45) is 1.05. The average Bonchev–Trinajstić information content (AvgIpc) is 2.27. The van der Waals surface area contributed by atoms with Crippen molar-refractivity contribution in [3.8, 4) is 0 Å². The maximum Gasteiger partial charge on any atom is 0.309 e. The topological polar surface area (TPSA) is 69.7 Å². The highest BCUT2D eigenvalue weighted by Crippen LogP contribution is 2.17. The molecule has 0 heterocycles. The molecule has 0 saturated heterocycles. The number of methoxy groups -OCH3 is 2. The van der Waals surface area contributed by atoms with Crippen molar-refractivity contribution >= 4 is 18.2 Å². The Morgan fingerprint density at radius 3 is 2.27 bits per heavy atom. The standard InChI is InChI=1S/C10H16O5/c1-7(6-11)8(10(13)15-3)4-5-9(12)14-2/h6-8H,4-5H2,1-3H3/t7-,8+/m1/s1. The minimum absolute atomic E-state index is 0.106. The van der Waals surface area contributed by atoms with Crippen LogP contribution in [0.25, 0.3) is 0 Å². The minimum Gasteiger partial charge on any atom is -0.469 e. The molecule has 0 bridgehead atoms. The van der Waals surface area contributed by atoms with E-state index in [9.17, 15) is 14.4 Å². The van der Waals surface area contributed by atoms with E-state index in [4.69, 9.17) is 0 Å². The van der Waals surface area contributed by atoms with Gasteiger partial charge in [-0.05, 0) is 6.42 Å². The predicted molar refractivity (Wildman–Crippen MR) is 52.0 cm³/mol. The summed E-state index contributed by atoms with van der Waals surface area (Å²) in [6.45, 7) is 1.62. The molecule has 5 heteroatoms. The number of hydrogen-bond donors (Lipinski definition) is 0. The van der Waals surface area contributed by atoms with Crippen LogP contribution in [0.3, 0.4) is 0 Å². The van der Waals surface area contributed by atoms with E-state index in [1.807, 2.05) is 0 Å². The van der Waals surface area contributed by atoms with Gasteiger partial charge in [-0.15, -0.1) is 0 Å². The Kier molecular flexibility index (Phi) is 6.33. The number of carbonyl (C=O) groups is 3. The third kappa shape index (κ3) is 4.58. The van der Waals surface area contributed by atoms with Crippen LogP contribution in [0.4, 0.5) is 0 Å². The van der Waals surface area contributed by atoms with Crippen LogP contribution in [0.15, 0.2) is 0 Å². The van der Waals surface area contributed by atoms with Crippen molar-refractivity contribution in [2.75, 3.05) is 14.2 Å². The van der Waals surface area contributed by atoms with Crippen molar-refractivity contribution < 1.29 is 23.9 Å². The normalized spacial score (nSPS) is 13.8. The third-order valence-corrected chi connectivity index (χ3v) is 2.24. The molecule has 0 rings (SSSR count). The van der Waals surface area contributed by atoms with Crippen molar-refractivity contribution in [2.45, 2.75) is 19.8 Å². The number of aldehydes is 1. The monoisotopic (exact) mass is 216 g/mol. The van der Waals surface area contributed by atoms with E-state index in [1.54, 1.807) is 6.92 Å². The van der Waals surface area contributed by atoms with Gasteiger partial charge in [0.15, 0.2) is 0 Å². The van der Waals surface area contributed by atoms with E-state index in [2.05, 4.69) is 9.47 Å².